The summed E-state index contributed by atoms with van der Waals surface area (Å²) < 4.78 is 0. The summed E-state index contributed by atoms with van der Waals surface area (Å²) >= 11 is 0. The van der Waals surface area contributed by atoms with E-state index in [1.807, 2.05) is 18.2 Å². The van der Waals surface area contributed by atoms with Crippen LogP contribution in [-0.4, -0.2) is 5.11 Å². The Bertz CT molecular complexity index is 498. The topological polar surface area (TPSA) is 84.3 Å². The van der Waals surface area contributed by atoms with Crippen molar-refractivity contribution in [3.05, 3.63) is 59.6 Å². The second-order valence-corrected chi connectivity index (χ2v) is 3.86. The molecule has 4 nitrogen and oxygen atoms in total. The quantitative estimate of drug-likeness (QED) is 0.463. The van der Waals surface area contributed by atoms with E-state index >= 15 is 0 Å². The fourth-order valence-electron chi connectivity index (χ4n) is 1.52. The second kappa shape index (κ2) is 4.65. The van der Waals surface area contributed by atoms with Crippen LogP contribution in [0.5, 0.6) is 0 Å². The van der Waals surface area contributed by atoms with E-state index in [4.69, 9.17) is 11.5 Å². The Morgan fingerprint density at radius 1 is 1.12 bits per heavy atom. The first-order valence-electron chi connectivity index (χ1n) is 5.33. The summed E-state index contributed by atoms with van der Waals surface area (Å²) in [6, 6.07) is 7.16. The van der Waals surface area contributed by atoms with E-state index in [1.165, 1.54) is 0 Å². The monoisotopic (exact) mass is 229 g/mol. The van der Waals surface area contributed by atoms with Crippen LogP contribution in [0.25, 0.3) is 0 Å². The fourth-order valence-corrected chi connectivity index (χ4v) is 1.52. The average molecular weight is 229 g/mol. The molecule has 0 radical (unpaired) electrons. The lowest BCUT2D eigenvalue weighted by atomic mass is 10.1. The number of nitrogens with one attached hydrogen (secondary N) is 1. The van der Waals surface area contributed by atoms with Crippen LogP contribution in [-0.2, 0) is 0 Å². The highest BCUT2D eigenvalue weighted by Crippen LogP contribution is 2.18. The van der Waals surface area contributed by atoms with E-state index in [2.05, 4.69) is 5.32 Å². The fraction of sp³-hybridized carbons (Fsp3) is 0.0769. The minimum atomic E-state index is 0.134. The van der Waals surface area contributed by atoms with Gasteiger partial charge >= 0.3 is 0 Å². The van der Waals surface area contributed by atoms with Crippen molar-refractivity contribution in [2.75, 3.05) is 11.1 Å². The van der Waals surface area contributed by atoms with Gasteiger partial charge in [-0.2, -0.15) is 0 Å². The number of hydrogen-bond acceptors (Lipinski definition) is 4. The molecule has 6 N–H and O–H groups in total. The summed E-state index contributed by atoms with van der Waals surface area (Å²) in [5.74, 6) is 0.134. The standard InChI is InChI=1S/C13H15N3O/c14-10-3-1-9(2-4-10)13(17)16-12-7-5-11(15)6-8-12/h1,3-8,16-17H,2,14-15H2/b13-9-. The van der Waals surface area contributed by atoms with E-state index in [0.29, 0.717) is 17.8 Å². The van der Waals surface area contributed by atoms with Crippen molar-refractivity contribution < 1.29 is 5.11 Å². The molecule has 0 bridgehead atoms. The predicted molar refractivity (Wildman–Crippen MR) is 70.2 cm³/mol. The Balaban J connectivity index is 2.11. The van der Waals surface area contributed by atoms with Crippen molar-refractivity contribution in [3.8, 4) is 0 Å². The molecular weight excluding hydrogens is 214 g/mol. The minimum absolute atomic E-state index is 0.134. The number of benzene rings is 1. The molecule has 4 heteroatoms. The zero-order valence-corrected chi connectivity index (χ0v) is 9.35. The summed E-state index contributed by atoms with van der Waals surface area (Å²) in [7, 11) is 0. The largest absolute Gasteiger partial charge is 0.494 e. The summed E-state index contributed by atoms with van der Waals surface area (Å²) in [6.07, 6.45) is 6.04. The Labute approximate surface area is 99.9 Å². The third-order valence-electron chi connectivity index (χ3n) is 2.51. The number of hydrogen-bond donors (Lipinski definition) is 4. The number of anilines is 2. The molecule has 0 spiro atoms. The molecule has 0 heterocycles. The number of rotatable bonds is 2. The Morgan fingerprint density at radius 2 is 1.82 bits per heavy atom. The van der Waals surface area contributed by atoms with Crippen molar-refractivity contribution in [3.63, 3.8) is 0 Å². The number of nitrogens with two attached hydrogens (primary N) is 2. The molecule has 17 heavy (non-hydrogen) atoms. The molecule has 88 valence electrons. The van der Waals surface area contributed by atoms with Crippen molar-refractivity contribution in [2.24, 2.45) is 5.73 Å². The molecule has 1 aromatic carbocycles. The smallest absolute Gasteiger partial charge is 0.192 e. The van der Waals surface area contributed by atoms with Gasteiger partial charge in [-0.15, -0.1) is 0 Å². The van der Waals surface area contributed by atoms with Crippen molar-refractivity contribution >= 4 is 11.4 Å². The van der Waals surface area contributed by atoms with Crippen LogP contribution in [0.4, 0.5) is 11.4 Å². The van der Waals surface area contributed by atoms with Crippen LogP contribution in [0.3, 0.4) is 0 Å². The normalized spacial score (nSPS) is 17.5. The van der Waals surface area contributed by atoms with Crippen molar-refractivity contribution in [1.29, 1.82) is 0 Å². The van der Waals surface area contributed by atoms with Gasteiger partial charge in [0, 0.05) is 22.6 Å². The summed E-state index contributed by atoms with van der Waals surface area (Å²) in [6.45, 7) is 0. The summed E-state index contributed by atoms with van der Waals surface area (Å²) in [5.41, 5.74) is 14.2. The van der Waals surface area contributed by atoms with Crippen LogP contribution in [0.1, 0.15) is 6.42 Å². The maximum Gasteiger partial charge on any atom is 0.192 e. The molecule has 0 unspecified atom stereocenters. The van der Waals surface area contributed by atoms with E-state index < -0.39 is 0 Å². The van der Waals surface area contributed by atoms with E-state index in [1.54, 1.807) is 24.3 Å². The molecule has 0 saturated heterocycles. The summed E-state index contributed by atoms with van der Waals surface area (Å²) in [4.78, 5) is 0. The first-order chi connectivity index (χ1) is 8.15. The van der Waals surface area contributed by atoms with E-state index in [9.17, 15) is 5.11 Å². The van der Waals surface area contributed by atoms with Gasteiger partial charge in [-0.05, 0) is 36.8 Å². The molecule has 1 aromatic rings. The van der Waals surface area contributed by atoms with Gasteiger partial charge in [0.15, 0.2) is 5.88 Å². The zero-order chi connectivity index (χ0) is 12.3. The van der Waals surface area contributed by atoms with Crippen LogP contribution >= 0.6 is 0 Å². The first kappa shape index (κ1) is 11.1. The number of allylic oxidation sites excluding steroid dienone is 4. The highest BCUT2D eigenvalue weighted by atomic mass is 16.3. The van der Waals surface area contributed by atoms with E-state index in [-0.39, 0.29) is 5.88 Å². The van der Waals surface area contributed by atoms with Crippen molar-refractivity contribution in [2.45, 2.75) is 6.42 Å². The third kappa shape index (κ3) is 2.81. The molecule has 0 aliphatic heterocycles. The van der Waals surface area contributed by atoms with Gasteiger partial charge in [-0.1, -0.05) is 12.2 Å². The molecule has 0 atom stereocenters. The lowest BCUT2D eigenvalue weighted by Crippen LogP contribution is -2.05. The van der Waals surface area contributed by atoms with Gasteiger partial charge in [0.2, 0.25) is 0 Å². The zero-order valence-electron chi connectivity index (χ0n) is 9.35. The maximum absolute atomic E-state index is 9.90. The highest BCUT2D eigenvalue weighted by molar-refractivity contribution is 5.54. The number of aliphatic hydroxyl groups excluding tert-OH is 1. The number of aliphatic hydroxyl groups is 1. The molecule has 1 aliphatic carbocycles. The SMILES string of the molecule is NC1=CC/C(=C(\O)Nc2ccc(N)cc2)C=C1. The van der Waals surface area contributed by atoms with Crippen LogP contribution in [0.15, 0.2) is 59.6 Å². The lowest BCUT2D eigenvalue weighted by molar-refractivity contribution is 0.413. The number of nitrogen functional groups attached to an aromatic ring is 1. The highest BCUT2D eigenvalue weighted by Gasteiger charge is 2.05. The molecule has 0 amide bonds. The lowest BCUT2D eigenvalue weighted by Gasteiger charge is -2.11. The van der Waals surface area contributed by atoms with Gasteiger partial charge < -0.3 is 21.9 Å². The predicted octanol–water partition coefficient (Wildman–Crippen LogP) is 2.25. The summed E-state index contributed by atoms with van der Waals surface area (Å²) in [5, 5.41) is 12.8. The van der Waals surface area contributed by atoms with Crippen LogP contribution < -0.4 is 16.8 Å². The maximum atomic E-state index is 9.90. The Morgan fingerprint density at radius 3 is 2.41 bits per heavy atom. The Kier molecular flexibility index (Phi) is 3.05. The molecular formula is C13H15N3O. The molecule has 0 saturated carbocycles. The van der Waals surface area contributed by atoms with Gasteiger partial charge in [0.05, 0.1) is 0 Å². The third-order valence-corrected chi connectivity index (χ3v) is 2.51. The molecule has 2 rings (SSSR count). The molecule has 0 aromatic heterocycles. The van der Waals surface area contributed by atoms with Crippen LogP contribution in [0.2, 0.25) is 0 Å². The second-order valence-electron chi connectivity index (χ2n) is 3.86. The first-order valence-corrected chi connectivity index (χ1v) is 5.33. The van der Waals surface area contributed by atoms with Crippen LogP contribution in [0, 0.1) is 0 Å². The van der Waals surface area contributed by atoms with Gasteiger partial charge in [-0.3, -0.25) is 0 Å². The Hall–Kier alpha value is -2.36. The van der Waals surface area contributed by atoms with Gasteiger partial charge in [0.1, 0.15) is 0 Å². The molecule has 1 aliphatic rings. The molecule has 0 fully saturated rings. The average Bonchev–Trinajstić information content (AvgIpc) is 2.33. The van der Waals surface area contributed by atoms with Gasteiger partial charge in [-0.25, -0.2) is 0 Å². The van der Waals surface area contributed by atoms with E-state index in [0.717, 1.165) is 11.3 Å². The van der Waals surface area contributed by atoms with Crippen molar-refractivity contribution in [1.82, 2.24) is 0 Å². The van der Waals surface area contributed by atoms with Gasteiger partial charge in [0.25, 0.3) is 0 Å². The minimum Gasteiger partial charge on any atom is -0.494 e.